The fourth-order valence-electron chi connectivity index (χ4n) is 3.52. The van der Waals surface area contributed by atoms with Crippen molar-refractivity contribution in [2.75, 3.05) is 32.6 Å². The van der Waals surface area contributed by atoms with Crippen LogP contribution in [0, 0.1) is 5.92 Å². The minimum Gasteiger partial charge on any atom is -0.493 e. The molecular weight excluding hydrogens is 392 g/mol. The van der Waals surface area contributed by atoms with Gasteiger partial charge in [-0.05, 0) is 55.2 Å². The summed E-state index contributed by atoms with van der Waals surface area (Å²) in [5.74, 6) is 0.966. The molecule has 1 heterocycles. The van der Waals surface area contributed by atoms with Crippen LogP contribution in [-0.4, -0.2) is 44.0 Å². The molecule has 29 heavy (non-hydrogen) atoms. The molecule has 7 heteroatoms. The molecule has 0 saturated carbocycles. The topological polar surface area (TPSA) is 67.9 Å². The molecule has 1 fully saturated rings. The zero-order valence-corrected chi connectivity index (χ0v) is 17.6. The van der Waals surface area contributed by atoms with Crippen molar-refractivity contribution in [3.05, 3.63) is 52.5 Å². The number of methoxy groups -OCH3 is 2. The van der Waals surface area contributed by atoms with Gasteiger partial charge in [0.05, 0.1) is 25.5 Å². The highest BCUT2D eigenvalue weighted by atomic mass is 35.5. The highest BCUT2D eigenvalue weighted by Gasteiger charge is 2.25. The SMILES string of the molecule is COc1ccc(C(=O)Nc2ccc(Cl)cc2C(=O)N2CCC[C@H](C)C2)cc1OC. The number of nitrogens with one attached hydrogen (secondary N) is 1. The Bertz CT molecular complexity index is 916. The number of amides is 2. The van der Waals surface area contributed by atoms with E-state index in [0.29, 0.717) is 52.3 Å². The monoisotopic (exact) mass is 416 g/mol. The van der Waals surface area contributed by atoms with Gasteiger partial charge in [0.1, 0.15) is 0 Å². The highest BCUT2D eigenvalue weighted by molar-refractivity contribution is 6.31. The van der Waals surface area contributed by atoms with Crippen molar-refractivity contribution >= 4 is 29.1 Å². The van der Waals surface area contributed by atoms with Crippen LogP contribution in [0.25, 0.3) is 0 Å². The Balaban J connectivity index is 1.86. The predicted octanol–water partition coefficient (Wildman–Crippen LogP) is 4.48. The molecule has 3 rings (SSSR count). The lowest BCUT2D eigenvalue weighted by Gasteiger charge is -2.31. The van der Waals surface area contributed by atoms with Gasteiger partial charge in [-0.25, -0.2) is 0 Å². The van der Waals surface area contributed by atoms with E-state index < -0.39 is 0 Å². The minimum absolute atomic E-state index is 0.123. The Labute approximate surface area is 175 Å². The van der Waals surface area contributed by atoms with E-state index in [1.54, 1.807) is 36.4 Å². The van der Waals surface area contributed by atoms with E-state index in [1.807, 2.05) is 4.90 Å². The summed E-state index contributed by atoms with van der Waals surface area (Å²) >= 11 is 6.14. The number of hydrogen-bond acceptors (Lipinski definition) is 4. The van der Waals surface area contributed by atoms with Crippen LogP contribution in [0.1, 0.15) is 40.5 Å². The zero-order valence-electron chi connectivity index (χ0n) is 16.8. The number of benzene rings is 2. The van der Waals surface area contributed by atoms with E-state index in [0.717, 1.165) is 12.8 Å². The number of rotatable bonds is 5. The first-order valence-electron chi connectivity index (χ1n) is 9.55. The van der Waals surface area contributed by atoms with Crippen LogP contribution in [0.3, 0.4) is 0 Å². The van der Waals surface area contributed by atoms with Crippen molar-refractivity contribution in [1.82, 2.24) is 4.90 Å². The average Bonchev–Trinajstić information content (AvgIpc) is 2.73. The highest BCUT2D eigenvalue weighted by Crippen LogP contribution is 2.29. The van der Waals surface area contributed by atoms with E-state index in [4.69, 9.17) is 21.1 Å². The predicted molar refractivity (Wildman–Crippen MR) is 113 cm³/mol. The van der Waals surface area contributed by atoms with E-state index in [2.05, 4.69) is 12.2 Å². The number of piperidine rings is 1. The molecule has 0 radical (unpaired) electrons. The molecule has 0 aromatic heterocycles. The molecule has 6 nitrogen and oxygen atoms in total. The third kappa shape index (κ3) is 4.82. The first-order valence-corrected chi connectivity index (χ1v) is 9.93. The smallest absolute Gasteiger partial charge is 0.256 e. The van der Waals surface area contributed by atoms with Crippen LogP contribution in [-0.2, 0) is 0 Å². The average molecular weight is 417 g/mol. The normalized spacial score (nSPS) is 16.3. The van der Waals surface area contributed by atoms with E-state index in [9.17, 15) is 9.59 Å². The molecule has 1 N–H and O–H groups in total. The van der Waals surface area contributed by atoms with Gasteiger partial charge >= 0.3 is 0 Å². The first kappa shape index (κ1) is 21.0. The Hall–Kier alpha value is -2.73. The number of likely N-dealkylation sites (tertiary alicyclic amines) is 1. The van der Waals surface area contributed by atoms with E-state index >= 15 is 0 Å². The van der Waals surface area contributed by atoms with Gasteiger partial charge in [0, 0.05) is 23.7 Å². The van der Waals surface area contributed by atoms with Crippen molar-refractivity contribution in [3.8, 4) is 11.5 Å². The third-order valence-electron chi connectivity index (χ3n) is 5.05. The maximum atomic E-state index is 13.1. The first-order chi connectivity index (χ1) is 13.9. The van der Waals surface area contributed by atoms with Gasteiger partial charge in [-0.3, -0.25) is 9.59 Å². The second-order valence-electron chi connectivity index (χ2n) is 7.21. The summed E-state index contributed by atoms with van der Waals surface area (Å²) in [5.41, 5.74) is 1.21. The van der Waals surface area contributed by atoms with Crippen molar-refractivity contribution < 1.29 is 19.1 Å². The van der Waals surface area contributed by atoms with Crippen LogP contribution in [0.4, 0.5) is 5.69 Å². The summed E-state index contributed by atoms with van der Waals surface area (Å²) in [6, 6.07) is 9.81. The van der Waals surface area contributed by atoms with Crippen molar-refractivity contribution in [2.24, 2.45) is 5.92 Å². The largest absolute Gasteiger partial charge is 0.493 e. The molecule has 0 bridgehead atoms. The van der Waals surface area contributed by atoms with Crippen LogP contribution in [0.5, 0.6) is 11.5 Å². The van der Waals surface area contributed by atoms with Crippen molar-refractivity contribution in [3.63, 3.8) is 0 Å². The molecule has 1 aliphatic rings. The van der Waals surface area contributed by atoms with Crippen LogP contribution >= 0.6 is 11.6 Å². The number of hydrogen-bond donors (Lipinski definition) is 1. The zero-order chi connectivity index (χ0) is 21.0. The molecule has 2 amide bonds. The Kier molecular flexibility index (Phi) is 6.64. The lowest BCUT2D eigenvalue weighted by molar-refractivity contribution is 0.0684. The van der Waals surface area contributed by atoms with Crippen LogP contribution in [0.2, 0.25) is 5.02 Å². The quantitative estimate of drug-likeness (QED) is 0.780. The number of anilines is 1. The summed E-state index contributed by atoms with van der Waals surface area (Å²) in [5, 5.41) is 3.28. The summed E-state index contributed by atoms with van der Waals surface area (Å²) in [7, 11) is 3.04. The van der Waals surface area contributed by atoms with Crippen LogP contribution in [0.15, 0.2) is 36.4 Å². The van der Waals surface area contributed by atoms with Gasteiger partial charge in [0.15, 0.2) is 11.5 Å². The molecular formula is C22H25ClN2O4. The van der Waals surface area contributed by atoms with E-state index in [-0.39, 0.29) is 11.8 Å². The van der Waals surface area contributed by atoms with Gasteiger partial charge in [0.25, 0.3) is 11.8 Å². The molecule has 154 valence electrons. The fraction of sp³-hybridized carbons (Fsp3) is 0.364. The second-order valence-corrected chi connectivity index (χ2v) is 7.65. The molecule has 1 saturated heterocycles. The number of ether oxygens (including phenoxy) is 2. The fourth-order valence-corrected chi connectivity index (χ4v) is 3.69. The summed E-state index contributed by atoms with van der Waals surface area (Å²) in [6.07, 6.45) is 2.09. The summed E-state index contributed by atoms with van der Waals surface area (Å²) in [6.45, 7) is 3.55. The molecule has 0 aliphatic carbocycles. The lowest BCUT2D eigenvalue weighted by Crippen LogP contribution is -2.39. The van der Waals surface area contributed by atoms with Gasteiger partial charge < -0.3 is 19.7 Å². The second kappa shape index (κ2) is 9.18. The number of carbonyl (C=O) groups is 2. The van der Waals surface area contributed by atoms with Gasteiger partial charge in [-0.1, -0.05) is 18.5 Å². The molecule has 1 aliphatic heterocycles. The molecule has 0 spiro atoms. The minimum atomic E-state index is -0.352. The Morgan fingerprint density at radius 1 is 1.10 bits per heavy atom. The third-order valence-corrected chi connectivity index (χ3v) is 5.29. The van der Waals surface area contributed by atoms with Crippen LogP contribution < -0.4 is 14.8 Å². The van der Waals surface area contributed by atoms with Crippen molar-refractivity contribution in [2.45, 2.75) is 19.8 Å². The number of nitrogens with zero attached hydrogens (tertiary/aromatic N) is 1. The van der Waals surface area contributed by atoms with Gasteiger partial charge in [-0.15, -0.1) is 0 Å². The lowest BCUT2D eigenvalue weighted by atomic mass is 9.99. The Morgan fingerprint density at radius 3 is 2.55 bits per heavy atom. The molecule has 0 unspecified atom stereocenters. The van der Waals surface area contributed by atoms with E-state index in [1.165, 1.54) is 14.2 Å². The number of halogens is 1. The molecule has 2 aromatic rings. The molecule has 1 atom stereocenters. The molecule has 2 aromatic carbocycles. The maximum absolute atomic E-state index is 13.1. The summed E-state index contributed by atoms with van der Waals surface area (Å²) in [4.78, 5) is 27.7. The number of carbonyl (C=O) groups excluding carboxylic acids is 2. The van der Waals surface area contributed by atoms with Crippen molar-refractivity contribution in [1.29, 1.82) is 0 Å². The standard InChI is InChI=1S/C22H25ClN2O4/c1-14-5-4-10-25(13-14)22(27)17-12-16(23)7-8-18(17)24-21(26)15-6-9-19(28-2)20(11-15)29-3/h6-9,11-12,14H,4-5,10,13H2,1-3H3,(H,24,26)/t14-/m0/s1. The maximum Gasteiger partial charge on any atom is 0.256 e. The summed E-state index contributed by atoms with van der Waals surface area (Å²) < 4.78 is 10.5. The van der Waals surface area contributed by atoms with Gasteiger partial charge in [0.2, 0.25) is 0 Å². The van der Waals surface area contributed by atoms with Gasteiger partial charge in [-0.2, -0.15) is 0 Å². The Morgan fingerprint density at radius 2 is 1.86 bits per heavy atom.